The first-order valence-corrected chi connectivity index (χ1v) is 7.27. The lowest BCUT2D eigenvalue weighted by atomic mass is 10.1. The van der Waals surface area contributed by atoms with Crippen molar-refractivity contribution in [2.45, 2.75) is 18.9 Å². The van der Waals surface area contributed by atoms with Crippen LogP contribution in [0, 0.1) is 0 Å². The number of aromatic nitrogens is 1. The Bertz CT molecular complexity index is 420. The number of nitrogens with one attached hydrogen (secondary N) is 1. The zero-order chi connectivity index (χ0) is 12.7. The highest BCUT2D eigenvalue weighted by Crippen LogP contribution is 2.23. The fourth-order valence-corrected chi connectivity index (χ4v) is 2.14. The molecule has 1 rings (SSSR count). The Hall–Kier alpha value is -0.980. The molecule has 1 heterocycles. The van der Waals surface area contributed by atoms with Crippen LogP contribution in [0.15, 0.2) is 24.5 Å². The molecule has 96 valence electrons. The molecular weight excluding hydrogens is 240 g/mol. The van der Waals surface area contributed by atoms with Crippen molar-refractivity contribution in [3.63, 3.8) is 0 Å². The lowest BCUT2D eigenvalue weighted by Gasteiger charge is -2.16. The molecule has 0 aliphatic rings. The Morgan fingerprint density at radius 2 is 2.29 bits per heavy atom. The SMILES string of the molecule is CNCCC[C@H](OS(C)(=O)=O)c1cccnc1. The maximum absolute atomic E-state index is 11.2. The molecule has 0 aliphatic heterocycles. The molecular formula is C11H18N2O3S. The molecule has 0 bridgehead atoms. The van der Waals surface area contributed by atoms with Crippen LogP contribution in [0.1, 0.15) is 24.5 Å². The smallest absolute Gasteiger partial charge is 0.264 e. The standard InChI is InChI=1S/C11H18N2O3S/c1-12-7-4-6-11(16-17(2,14)15)10-5-3-8-13-9-10/h3,5,8-9,11-12H,4,6-7H2,1-2H3/t11-/m0/s1. The fourth-order valence-electron chi connectivity index (χ4n) is 1.51. The van der Waals surface area contributed by atoms with Crippen LogP contribution in [-0.4, -0.2) is 33.2 Å². The minimum absolute atomic E-state index is 0.452. The molecule has 0 saturated carbocycles. The predicted molar refractivity (Wildman–Crippen MR) is 66.1 cm³/mol. The Kier molecular flexibility index (Phi) is 5.54. The second-order valence-electron chi connectivity index (χ2n) is 3.82. The first kappa shape index (κ1) is 14.1. The Morgan fingerprint density at radius 3 is 2.82 bits per heavy atom. The number of pyridine rings is 1. The summed E-state index contributed by atoms with van der Waals surface area (Å²) in [5.74, 6) is 0. The molecule has 1 aromatic heterocycles. The second-order valence-corrected chi connectivity index (χ2v) is 5.42. The van der Waals surface area contributed by atoms with Crippen molar-refractivity contribution >= 4 is 10.1 Å². The van der Waals surface area contributed by atoms with Crippen molar-refractivity contribution in [1.29, 1.82) is 0 Å². The summed E-state index contributed by atoms with van der Waals surface area (Å²) in [7, 11) is -1.60. The van der Waals surface area contributed by atoms with Crippen LogP contribution < -0.4 is 5.32 Å². The minimum Gasteiger partial charge on any atom is -0.320 e. The summed E-state index contributed by atoms with van der Waals surface area (Å²) in [6.45, 7) is 0.823. The van der Waals surface area contributed by atoms with Gasteiger partial charge in [0.15, 0.2) is 0 Å². The van der Waals surface area contributed by atoms with E-state index >= 15 is 0 Å². The summed E-state index contributed by atoms with van der Waals surface area (Å²) in [5.41, 5.74) is 0.786. The normalized spacial score (nSPS) is 13.5. The van der Waals surface area contributed by atoms with Gasteiger partial charge in [-0.3, -0.25) is 9.17 Å². The molecule has 1 aromatic rings. The summed E-state index contributed by atoms with van der Waals surface area (Å²) < 4.78 is 27.5. The van der Waals surface area contributed by atoms with Crippen LogP contribution in [0.2, 0.25) is 0 Å². The highest BCUT2D eigenvalue weighted by Gasteiger charge is 2.17. The van der Waals surface area contributed by atoms with Gasteiger partial charge in [0.1, 0.15) is 6.10 Å². The lowest BCUT2D eigenvalue weighted by molar-refractivity contribution is 0.201. The van der Waals surface area contributed by atoms with Gasteiger partial charge in [0.05, 0.1) is 6.26 Å². The molecule has 0 radical (unpaired) electrons. The molecule has 1 atom stereocenters. The quantitative estimate of drug-likeness (QED) is 0.586. The number of nitrogens with zero attached hydrogens (tertiary/aromatic N) is 1. The van der Waals surface area contributed by atoms with Crippen molar-refractivity contribution in [2.24, 2.45) is 0 Å². The van der Waals surface area contributed by atoms with E-state index < -0.39 is 16.2 Å². The molecule has 6 heteroatoms. The van der Waals surface area contributed by atoms with Crippen LogP contribution >= 0.6 is 0 Å². The molecule has 0 spiro atoms. The zero-order valence-electron chi connectivity index (χ0n) is 10.1. The van der Waals surface area contributed by atoms with Gasteiger partial charge in [0, 0.05) is 18.0 Å². The summed E-state index contributed by atoms with van der Waals surface area (Å²) in [6.07, 6.45) is 5.37. The number of rotatable bonds is 7. The highest BCUT2D eigenvalue weighted by molar-refractivity contribution is 7.86. The average Bonchev–Trinajstić information content (AvgIpc) is 2.28. The van der Waals surface area contributed by atoms with Crippen molar-refractivity contribution < 1.29 is 12.6 Å². The van der Waals surface area contributed by atoms with Gasteiger partial charge in [-0.1, -0.05) is 6.07 Å². The molecule has 0 aromatic carbocycles. The summed E-state index contributed by atoms with van der Waals surface area (Å²) in [4.78, 5) is 3.97. The molecule has 0 unspecified atom stereocenters. The topological polar surface area (TPSA) is 68.3 Å². The molecule has 17 heavy (non-hydrogen) atoms. The predicted octanol–water partition coefficient (Wildman–Crippen LogP) is 1.10. The monoisotopic (exact) mass is 258 g/mol. The molecule has 0 amide bonds. The first-order valence-electron chi connectivity index (χ1n) is 5.45. The molecule has 0 fully saturated rings. The van der Waals surface area contributed by atoms with Crippen molar-refractivity contribution in [3.8, 4) is 0 Å². The van der Waals surface area contributed by atoms with E-state index in [2.05, 4.69) is 10.3 Å². The van der Waals surface area contributed by atoms with Crippen LogP contribution in [0.4, 0.5) is 0 Å². The fraction of sp³-hybridized carbons (Fsp3) is 0.545. The molecule has 5 nitrogen and oxygen atoms in total. The third-order valence-corrected chi connectivity index (χ3v) is 2.82. The van der Waals surface area contributed by atoms with E-state index in [9.17, 15) is 8.42 Å². The summed E-state index contributed by atoms with van der Waals surface area (Å²) >= 11 is 0. The first-order chi connectivity index (χ1) is 8.03. The van der Waals surface area contributed by atoms with Gasteiger partial charge in [-0.25, -0.2) is 0 Å². The van der Waals surface area contributed by atoms with Gasteiger partial charge < -0.3 is 5.32 Å². The number of hydrogen-bond donors (Lipinski definition) is 1. The van der Waals surface area contributed by atoms with Crippen LogP contribution in [0.25, 0.3) is 0 Å². The number of hydrogen-bond acceptors (Lipinski definition) is 5. The van der Waals surface area contributed by atoms with Gasteiger partial charge >= 0.3 is 0 Å². The van der Waals surface area contributed by atoms with Gasteiger partial charge in [0.25, 0.3) is 10.1 Å². The van der Waals surface area contributed by atoms with E-state index in [1.54, 1.807) is 18.5 Å². The van der Waals surface area contributed by atoms with E-state index in [1.807, 2.05) is 13.1 Å². The van der Waals surface area contributed by atoms with Crippen molar-refractivity contribution in [2.75, 3.05) is 19.8 Å². The lowest BCUT2D eigenvalue weighted by Crippen LogP contribution is -2.14. The van der Waals surface area contributed by atoms with E-state index in [0.717, 1.165) is 24.8 Å². The molecule has 0 aliphatic carbocycles. The maximum atomic E-state index is 11.2. The van der Waals surface area contributed by atoms with Crippen molar-refractivity contribution in [1.82, 2.24) is 10.3 Å². The molecule has 1 N–H and O–H groups in total. The highest BCUT2D eigenvalue weighted by atomic mass is 32.2. The minimum atomic E-state index is -3.46. The van der Waals surface area contributed by atoms with Crippen LogP contribution in [0.5, 0.6) is 0 Å². The second kappa shape index (κ2) is 6.68. The summed E-state index contributed by atoms with van der Waals surface area (Å²) in [5, 5.41) is 3.02. The van der Waals surface area contributed by atoms with Crippen LogP contribution in [-0.2, 0) is 14.3 Å². The van der Waals surface area contributed by atoms with E-state index in [1.165, 1.54) is 0 Å². The third-order valence-electron chi connectivity index (χ3n) is 2.24. The maximum Gasteiger partial charge on any atom is 0.264 e. The summed E-state index contributed by atoms with van der Waals surface area (Å²) in [6, 6.07) is 3.59. The molecule has 0 saturated heterocycles. The Balaban J connectivity index is 2.72. The largest absolute Gasteiger partial charge is 0.320 e. The Labute approximate surface area is 102 Å². The van der Waals surface area contributed by atoms with Crippen molar-refractivity contribution in [3.05, 3.63) is 30.1 Å². The van der Waals surface area contributed by atoms with E-state index in [0.29, 0.717) is 6.42 Å². The average molecular weight is 258 g/mol. The Morgan fingerprint density at radius 1 is 1.53 bits per heavy atom. The van der Waals surface area contributed by atoms with Gasteiger partial charge in [-0.05, 0) is 32.5 Å². The van der Waals surface area contributed by atoms with E-state index in [-0.39, 0.29) is 0 Å². The third kappa shape index (κ3) is 5.76. The zero-order valence-corrected chi connectivity index (χ0v) is 10.9. The van der Waals surface area contributed by atoms with Gasteiger partial charge in [-0.15, -0.1) is 0 Å². The van der Waals surface area contributed by atoms with Crippen LogP contribution in [0.3, 0.4) is 0 Å². The van der Waals surface area contributed by atoms with E-state index in [4.69, 9.17) is 4.18 Å². The van der Waals surface area contributed by atoms with Gasteiger partial charge in [0.2, 0.25) is 0 Å². The van der Waals surface area contributed by atoms with Gasteiger partial charge in [-0.2, -0.15) is 8.42 Å².